The maximum Gasteiger partial charge on any atom is 0.261 e. The van der Waals surface area contributed by atoms with Crippen LogP contribution in [-0.2, 0) is 4.74 Å². The second-order valence-corrected chi connectivity index (χ2v) is 10.5. The summed E-state index contributed by atoms with van der Waals surface area (Å²) in [6.07, 6.45) is 4.13. The first-order valence-corrected chi connectivity index (χ1v) is 12.9. The lowest BCUT2D eigenvalue weighted by atomic mass is 9.93. The molecule has 2 aliphatic heterocycles. The normalized spacial score (nSPS) is 21.9. The minimum atomic E-state index is -0.285. The van der Waals surface area contributed by atoms with E-state index in [1.165, 1.54) is 0 Å². The van der Waals surface area contributed by atoms with Crippen LogP contribution in [0.25, 0.3) is 22.4 Å². The van der Waals surface area contributed by atoms with Crippen LogP contribution < -0.4 is 10.2 Å². The third-order valence-electron chi connectivity index (χ3n) is 7.56. The predicted octanol–water partition coefficient (Wildman–Crippen LogP) is 5.29. The zero-order valence-corrected chi connectivity index (χ0v) is 21.4. The van der Waals surface area contributed by atoms with Gasteiger partial charge >= 0.3 is 0 Å². The molecule has 188 valence electrons. The summed E-state index contributed by atoms with van der Waals surface area (Å²) in [5.74, 6) is 1.66. The van der Waals surface area contributed by atoms with Crippen LogP contribution in [0.4, 0.5) is 10.2 Å². The van der Waals surface area contributed by atoms with Gasteiger partial charge in [-0.15, -0.1) is 0 Å². The van der Waals surface area contributed by atoms with Gasteiger partial charge in [-0.3, -0.25) is 0 Å². The lowest BCUT2D eigenvalue weighted by Gasteiger charge is -2.41. The number of nitrogens with zero attached hydrogens (tertiary/aromatic N) is 4. The fourth-order valence-electron chi connectivity index (χ4n) is 5.52. The molecule has 0 radical (unpaired) electrons. The molecule has 0 bridgehead atoms. The molecule has 2 atom stereocenters. The molecule has 5 rings (SSSR count). The quantitative estimate of drug-likeness (QED) is 0.531. The average molecular weight is 482 g/mol. The van der Waals surface area contributed by atoms with Crippen molar-refractivity contribution in [3.05, 3.63) is 34.9 Å². The molecule has 0 unspecified atom stereocenters. The first kappa shape index (κ1) is 24.1. The number of pyridine rings is 1. The summed E-state index contributed by atoms with van der Waals surface area (Å²) >= 11 is 0. The number of anilines is 1. The Morgan fingerprint density at radius 2 is 1.86 bits per heavy atom. The number of hydrogen-bond donors (Lipinski definition) is 1. The average Bonchev–Trinajstić information content (AvgIpc) is 3.25. The van der Waals surface area contributed by atoms with E-state index in [1.807, 2.05) is 13.8 Å². The highest BCUT2D eigenvalue weighted by atomic mass is 19.1. The second-order valence-electron chi connectivity index (χ2n) is 10.5. The number of halogens is 1. The van der Waals surface area contributed by atoms with Crippen molar-refractivity contribution in [1.29, 1.82) is 0 Å². The fourth-order valence-corrected chi connectivity index (χ4v) is 5.52. The van der Waals surface area contributed by atoms with Crippen molar-refractivity contribution in [3.8, 4) is 11.5 Å². The first-order chi connectivity index (χ1) is 16.8. The van der Waals surface area contributed by atoms with Gasteiger partial charge in [-0.25, -0.2) is 9.37 Å². The highest BCUT2D eigenvalue weighted by Crippen LogP contribution is 2.39. The molecule has 0 aliphatic carbocycles. The predicted molar refractivity (Wildman–Crippen MR) is 135 cm³/mol. The standard InChI is InChI=1S/C27H36FN5O2/c1-15(2)19-13-22-17(4)24(27-29-18(5)32-35-27)26(31-25(22)23(28)14-19)33-9-6-21(12-16(33)3)30-20-7-10-34-11-8-20/h13-16,20-21,30H,6-12H2,1-5H3/t16-,21-/m1/s1. The number of ether oxygens (including phenoxy) is 1. The Balaban J connectivity index is 1.53. The van der Waals surface area contributed by atoms with Gasteiger partial charge in [0.15, 0.2) is 5.82 Å². The van der Waals surface area contributed by atoms with E-state index < -0.39 is 0 Å². The zero-order valence-electron chi connectivity index (χ0n) is 21.4. The smallest absolute Gasteiger partial charge is 0.261 e. The van der Waals surface area contributed by atoms with Gasteiger partial charge in [-0.1, -0.05) is 19.0 Å². The van der Waals surface area contributed by atoms with Crippen molar-refractivity contribution in [2.45, 2.75) is 84.3 Å². The Labute approximate surface area is 206 Å². The molecular formula is C27H36FN5O2. The molecule has 7 nitrogen and oxygen atoms in total. The molecule has 4 heterocycles. The van der Waals surface area contributed by atoms with E-state index in [2.05, 4.69) is 47.2 Å². The van der Waals surface area contributed by atoms with Crippen molar-refractivity contribution in [3.63, 3.8) is 0 Å². The Kier molecular flexibility index (Phi) is 6.77. The number of fused-ring (bicyclic) bond motifs is 1. The Bertz CT molecular complexity index is 1200. The van der Waals surface area contributed by atoms with Crippen LogP contribution in [0.15, 0.2) is 16.7 Å². The summed E-state index contributed by atoms with van der Waals surface area (Å²) < 4.78 is 26.5. The molecule has 2 aliphatic rings. The van der Waals surface area contributed by atoms with Gasteiger partial charge in [0, 0.05) is 43.3 Å². The van der Waals surface area contributed by atoms with Gasteiger partial charge < -0.3 is 19.5 Å². The number of benzene rings is 1. The van der Waals surface area contributed by atoms with E-state index in [-0.39, 0.29) is 17.8 Å². The maximum atomic E-state index is 15.3. The Morgan fingerprint density at radius 1 is 1.09 bits per heavy atom. The molecular weight excluding hydrogens is 445 g/mol. The SMILES string of the molecule is Cc1noc(-c2c(N3CC[C@@H](NC4CCOCC4)C[C@H]3C)nc3c(F)cc(C(C)C)cc3c2C)n1. The Hall–Kier alpha value is -2.58. The van der Waals surface area contributed by atoms with Gasteiger partial charge in [0.25, 0.3) is 5.89 Å². The van der Waals surface area contributed by atoms with Crippen molar-refractivity contribution in [2.75, 3.05) is 24.7 Å². The van der Waals surface area contributed by atoms with Gasteiger partial charge in [0.1, 0.15) is 17.2 Å². The van der Waals surface area contributed by atoms with E-state index in [0.717, 1.165) is 73.3 Å². The van der Waals surface area contributed by atoms with E-state index in [9.17, 15) is 0 Å². The van der Waals surface area contributed by atoms with Crippen LogP contribution in [0.2, 0.25) is 0 Å². The molecule has 0 saturated carbocycles. The molecule has 0 amide bonds. The summed E-state index contributed by atoms with van der Waals surface area (Å²) in [4.78, 5) is 11.8. The highest BCUT2D eigenvalue weighted by Gasteiger charge is 2.32. The molecule has 3 aromatic rings. The van der Waals surface area contributed by atoms with Crippen LogP contribution >= 0.6 is 0 Å². The van der Waals surface area contributed by atoms with E-state index in [4.69, 9.17) is 14.2 Å². The van der Waals surface area contributed by atoms with Gasteiger partial charge in [-0.2, -0.15) is 4.98 Å². The van der Waals surface area contributed by atoms with Crippen molar-refractivity contribution < 1.29 is 13.7 Å². The fraction of sp³-hybridized carbons (Fsp3) is 0.593. The summed E-state index contributed by atoms with van der Waals surface area (Å²) in [7, 11) is 0. The minimum Gasteiger partial charge on any atom is -0.381 e. The van der Waals surface area contributed by atoms with Gasteiger partial charge in [-0.05, 0) is 75.6 Å². The number of rotatable bonds is 5. The molecule has 1 N–H and O–H groups in total. The highest BCUT2D eigenvalue weighted by molar-refractivity contribution is 5.93. The number of hydrogen-bond acceptors (Lipinski definition) is 7. The zero-order chi connectivity index (χ0) is 24.7. The third kappa shape index (κ3) is 4.78. The van der Waals surface area contributed by atoms with Crippen LogP contribution in [0, 0.1) is 19.7 Å². The number of aromatic nitrogens is 3. The molecule has 2 fully saturated rings. The first-order valence-electron chi connectivity index (χ1n) is 12.9. The molecule has 2 aromatic heterocycles. The monoisotopic (exact) mass is 481 g/mol. The molecule has 1 aromatic carbocycles. The number of aryl methyl sites for hydroxylation is 2. The molecule has 35 heavy (non-hydrogen) atoms. The van der Waals surface area contributed by atoms with Crippen LogP contribution in [0.5, 0.6) is 0 Å². The minimum absolute atomic E-state index is 0.212. The maximum absolute atomic E-state index is 15.3. The van der Waals surface area contributed by atoms with Crippen molar-refractivity contribution in [2.24, 2.45) is 0 Å². The van der Waals surface area contributed by atoms with Crippen LogP contribution in [0.3, 0.4) is 0 Å². The van der Waals surface area contributed by atoms with Crippen LogP contribution in [0.1, 0.15) is 69.3 Å². The summed E-state index contributed by atoms with van der Waals surface area (Å²) in [5, 5.41) is 8.68. The van der Waals surface area contributed by atoms with Crippen molar-refractivity contribution in [1.82, 2.24) is 20.4 Å². The largest absolute Gasteiger partial charge is 0.381 e. The summed E-state index contributed by atoms with van der Waals surface area (Å²) in [6, 6.07) is 4.87. The topological polar surface area (TPSA) is 76.3 Å². The van der Waals surface area contributed by atoms with Gasteiger partial charge in [0.05, 0.1) is 5.56 Å². The molecule has 0 spiro atoms. The van der Waals surface area contributed by atoms with E-state index >= 15 is 4.39 Å². The number of nitrogens with one attached hydrogen (secondary N) is 1. The molecule has 2 saturated heterocycles. The molecule has 8 heteroatoms. The third-order valence-corrected chi connectivity index (χ3v) is 7.56. The van der Waals surface area contributed by atoms with Crippen molar-refractivity contribution >= 4 is 16.7 Å². The number of piperidine rings is 1. The van der Waals surface area contributed by atoms with Crippen LogP contribution in [-0.4, -0.2) is 53.0 Å². The lowest BCUT2D eigenvalue weighted by molar-refractivity contribution is 0.0733. The summed E-state index contributed by atoms with van der Waals surface area (Å²) in [5.41, 5.74) is 3.08. The van der Waals surface area contributed by atoms with Gasteiger partial charge in [0.2, 0.25) is 0 Å². The van der Waals surface area contributed by atoms with E-state index in [1.54, 1.807) is 6.07 Å². The van der Waals surface area contributed by atoms with E-state index in [0.29, 0.717) is 29.3 Å². The lowest BCUT2D eigenvalue weighted by Crippen LogP contribution is -2.51. The second kappa shape index (κ2) is 9.82. The summed E-state index contributed by atoms with van der Waals surface area (Å²) in [6.45, 7) is 12.7. The Morgan fingerprint density at radius 3 is 2.51 bits per heavy atom.